The third-order valence-electron chi connectivity index (χ3n) is 3.94. The third kappa shape index (κ3) is 4.30. The molecule has 1 unspecified atom stereocenters. The summed E-state index contributed by atoms with van der Waals surface area (Å²) < 4.78 is 0. The lowest BCUT2D eigenvalue weighted by Gasteiger charge is -2.24. The number of hydrogen-bond acceptors (Lipinski definition) is 3. The Labute approximate surface area is 120 Å². The van der Waals surface area contributed by atoms with Crippen LogP contribution in [0.3, 0.4) is 0 Å². The first-order chi connectivity index (χ1) is 9.81. The van der Waals surface area contributed by atoms with Gasteiger partial charge in [-0.2, -0.15) is 0 Å². The molecule has 1 amide bonds. The van der Waals surface area contributed by atoms with Gasteiger partial charge < -0.3 is 10.0 Å². The second-order valence-electron chi connectivity index (χ2n) is 5.42. The van der Waals surface area contributed by atoms with Crippen molar-refractivity contribution in [3.05, 3.63) is 30.1 Å². The van der Waals surface area contributed by atoms with Crippen molar-refractivity contribution in [3.63, 3.8) is 0 Å². The fourth-order valence-corrected chi connectivity index (χ4v) is 2.90. The van der Waals surface area contributed by atoms with E-state index in [-0.39, 0.29) is 12.5 Å². The first-order valence-electron chi connectivity index (χ1n) is 7.61. The molecule has 1 fully saturated rings. The molecule has 0 aromatic carbocycles. The monoisotopic (exact) mass is 276 g/mol. The zero-order chi connectivity index (χ0) is 14.2. The van der Waals surface area contributed by atoms with E-state index in [0.717, 1.165) is 50.8 Å². The van der Waals surface area contributed by atoms with Gasteiger partial charge in [0.05, 0.1) is 0 Å². The summed E-state index contributed by atoms with van der Waals surface area (Å²) in [5.41, 5.74) is 1.05. The van der Waals surface area contributed by atoms with Gasteiger partial charge in [0.25, 0.3) is 0 Å². The topological polar surface area (TPSA) is 53.4 Å². The summed E-state index contributed by atoms with van der Waals surface area (Å²) in [6, 6.07) is 6.24. The molecule has 2 heterocycles. The van der Waals surface area contributed by atoms with Crippen LogP contribution in [0.5, 0.6) is 0 Å². The highest BCUT2D eigenvalue weighted by molar-refractivity contribution is 5.76. The first-order valence-corrected chi connectivity index (χ1v) is 7.61. The van der Waals surface area contributed by atoms with Crippen molar-refractivity contribution in [3.8, 4) is 0 Å². The van der Waals surface area contributed by atoms with Crippen LogP contribution in [0, 0.1) is 0 Å². The van der Waals surface area contributed by atoms with Gasteiger partial charge in [-0.1, -0.05) is 6.07 Å². The quantitative estimate of drug-likeness (QED) is 0.830. The number of carbonyl (C=O) groups is 1. The Kier molecular flexibility index (Phi) is 5.99. The van der Waals surface area contributed by atoms with Crippen LogP contribution in [0.4, 0.5) is 0 Å². The number of rotatable bonds is 7. The zero-order valence-electron chi connectivity index (χ0n) is 12.0. The minimum absolute atomic E-state index is 0.220. The molecule has 0 spiro atoms. The van der Waals surface area contributed by atoms with E-state index < -0.39 is 0 Å². The summed E-state index contributed by atoms with van der Waals surface area (Å²) in [4.78, 5) is 18.5. The number of amides is 1. The van der Waals surface area contributed by atoms with Crippen molar-refractivity contribution in [1.29, 1.82) is 0 Å². The van der Waals surface area contributed by atoms with Crippen molar-refractivity contribution in [2.45, 2.75) is 51.0 Å². The minimum Gasteiger partial charge on any atom is -0.396 e. The average Bonchev–Trinajstić information content (AvgIpc) is 2.94. The predicted molar refractivity (Wildman–Crippen MR) is 78.2 cm³/mol. The van der Waals surface area contributed by atoms with Gasteiger partial charge in [0.15, 0.2) is 0 Å². The summed E-state index contributed by atoms with van der Waals surface area (Å²) in [6.07, 6.45) is 8.04. The van der Waals surface area contributed by atoms with E-state index in [9.17, 15) is 4.79 Å². The Morgan fingerprint density at radius 2 is 2.30 bits per heavy atom. The fraction of sp³-hybridized carbons (Fsp3) is 0.625. The molecule has 1 aromatic heterocycles. The summed E-state index contributed by atoms with van der Waals surface area (Å²) in [5, 5.41) is 8.91. The SMILES string of the molecule is O=C(CCCc1ccccn1)N1CCCC1CCCO. The van der Waals surface area contributed by atoms with Gasteiger partial charge in [-0.15, -0.1) is 0 Å². The Morgan fingerprint density at radius 1 is 1.40 bits per heavy atom. The smallest absolute Gasteiger partial charge is 0.222 e. The maximum Gasteiger partial charge on any atom is 0.222 e. The molecule has 0 radical (unpaired) electrons. The van der Waals surface area contributed by atoms with E-state index in [1.165, 1.54) is 0 Å². The van der Waals surface area contributed by atoms with Crippen molar-refractivity contribution >= 4 is 5.91 Å². The molecule has 0 saturated carbocycles. The summed E-state index contributed by atoms with van der Waals surface area (Å²) in [7, 11) is 0. The minimum atomic E-state index is 0.220. The molecule has 110 valence electrons. The molecule has 4 nitrogen and oxygen atoms in total. The molecule has 0 bridgehead atoms. The van der Waals surface area contributed by atoms with Crippen LogP contribution in [-0.4, -0.2) is 40.1 Å². The predicted octanol–water partition coefficient (Wildman–Crippen LogP) is 2.17. The van der Waals surface area contributed by atoms with Gasteiger partial charge in [-0.25, -0.2) is 0 Å². The molecule has 1 atom stereocenters. The Bertz CT molecular complexity index is 408. The molecular weight excluding hydrogens is 252 g/mol. The molecular formula is C16H24N2O2. The lowest BCUT2D eigenvalue weighted by molar-refractivity contribution is -0.132. The Hall–Kier alpha value is -1.42. The van der Waals surface area contributed by atoms with Crippen LogP contribution in [0.15, 0.2) is 24.4 Å². The van der Waals surface area contributed by atoms with Crippen LogP contribution in [0.25, 0.3) is 0 Å². The lowest BCUT2D eigenvalue weighted by atomic mass is 10.1. The van der Waals surface area contributed by atoms with Crippen molar-refractivity contribution in [1.82, 2.24) is 9.88 Å². The zero-order valence-corrected chi connectivity index (χ0v) is 12.0. The number of likely N-dealkylation sites (tertiary alicyclic amines) is 1. The van der Waals surface area contributed by atoms with Gasteiger partial charge in [0, 0.05) is 37.5 Å². The summed E-state index contributed by atoms with van der Waals surface area (Å²) in [5.74, 6) is 0.265. The van der Waals surface area contributed by atoms with Gasteiger partial charge in [0.1, 0.15) is 0 Å². The van der Waals surface area contributed by atoms with Gasteiger partial charge in [-0.3, -0.25) is 9.78 Å². The molecule has 1 aromatic rings. The van der Waals surface area contributed by atoms with Crippen molar-refractivity contribution in [2.75, 3.05) is 13.2 Å². The number of aliphatic hydroxyl groups is 1. The highest BCUT2D eigenvalue weighted by Crippen LogP contribution is 2.22. The van der Waals surface area contributed by atoms with Crippen LogP contribution in [0.2, 0.25) is 0 Å². The van der Waals surface area contributed by atoms with E-state index in [4.69, 9.17) is 5.11 Å². The molecule has 0 aliphatic carbocycles. The number of pyridine rings is 1. The van der Waals surface area contributed by atoms with E-state index in [0.29, 0.717) is 12.5 Å². The second kappa shape index (κ2) is 8.00. The number of aryl methyl sites for hydroxylation is 1. The lowest BCUT2D eigenvalue weighted by Crippen LogP contribution is -2.35. The molecule has 1 saturated heterocycles. The highest BCUT2D eigenvalue weighted by Gasteiger charge is 2.27. The molecule has 2 rings (SSSR count). The van der Waals surface area contributed by atoms with E-state index in [1.54, 1.807) is 6.20 Å². The van der Waals surface area contributed by atoms with Crippen molar-refractivity contribution < 1.29 is 9.90 Å². The number of nitrogens with zero attached hydrogens (tertiary/aromatic N) is 2. The van der Waals surface area contributed by atoms with E-state index in [2.05, 4.69) is 4.98 Å². The second-order valence-corrected chi connectivity index (χ2v) is 5.42. The van der Waals surface area contributed by atoms with Crippen LogP contribution in [-0.2, 0) is 11.2 Å². The normalized spacial score (nSPS) is 18.4. The first kappa shape index (κ1) is 15.0. The Balaban J connectivity index is 1.73. The highest BCUT2D eigenvalue weighted by atomic mass is 16.3. The number of carbonyl (C=O) groups excluding carboxylic acids is 1. The molecule has 4 heteroatoms. The summed E-state index contributed by atoms with van der Waals surface area (Å²) in [6.45, 7) is 1.11. The van der Waals surface area contributed by atoms with Crippen LogP contribution < -0.4 is 0 Å². The standard InChI is InChI=1S/C16H24N2O2/c19-13-5-9-15-8-4-12-18(15)16(20)10-3-7-14-6-1-2-11-17-14/h1-2,6,11,15,19H,3-5,7-10,12-13H2. The number of aromatic nitrogens is 1. The third-order valence-corrected chi connectivity index (χ3v) is 3.94. The van der Waals surface area contributed by atoms with Crippen LogP contribution in [0.1, 0.15) is 44.2 Å². The largest absolute Gasteiger partial charge is 0.396 e. The van der Waals surface area contributed by atoms with E-state index >= 15 is 0 Å². The fourth-order valence-electron chi connectivity index (χ4n) is 2.90. The molecule has 1 aliphatic heterocycles. The molecule has 20 heavy (non-hydrogen) atoms. The maximum absolute atomic E-state index is 12.3. The van der Waals surface area contributed by atoms with Gasteiger partial charge in [-0.05, 0) is 50.7 Å². The maximum atomic E-state index is 12.3. The van der Waals surface area contributed by atoms with Gasteiger partial charge in [0.2, 0.25) is 5.91 Å². The average molecular weight is 276 g/mol. The Morgan fingerprint density at radius 3 is 3.05 bits per heavy atom. The van der Waals surface area contributed by atoms with Crippen molar-refractivity contribution in [2.24, 2.45) is 0 Å². The molecule has 1 N–H and O–H groups in total. The molecule has 1 aliphatic rings. The van der Waals surface area contributed by atoms with Gasteiger partial charge >= 0.3 is 0 Å². The number of aliphatic hydroxyl groups excluding tert-OH is 1. The number of hydrogen-bond donors (Lipinski definition) is 1. The van der Waals surface area contributed by atoms with E-state index in [1.807, 2.05) is 23.1 Å². The van der Waals surface area contributed by atoms with Crippen LogP contribution >= 0.6 is 0 Å². The summed E-state index contributed by atoms with van der Waals surface area (Å²) >= 11 is 0.